The predicted molar refractivity (Wildman–Crippen MR) is 162 cm³/mol. The summed E-state index contributed by atoms with van der Waals surface area (Å²) < 4.78 is 61.7. The summed E-state index contributed by atoms with van der Waals surface area (Å²) in [7, 11) is 0. The summed E-state index contributed by atoms with van der Waals surface area (Å²) in [6, 6.07) is 12.9. The molecule has 3 aliphatic rings. The lowest BCUT2D eigenvalue weighted by molar-refractivity contribution is -0.145. The maximum atomic E-state index is 14.2. The molecule has 2 saturated heterocycles. The molecule has 3 aromatic rings. The maximum Gasteiger partial charge on any atom is 0.433 e. The summed E-state index contributed by atoms with van der Waals surface area (Å²) in [6.45, 7) is 4.76. The smallest absolute Gasteiger partial charge is 0.433 e. The number of benzene rings is 2. The zero-order chi connectivity index (χ0) is 31.9. The highest BCUT2D eigenvalue weighted by atomic mass is 35.5. The van der Waals surface area contributed by atoms with Crippen molar-refractivity contribution >= 4 is 34.9 Å². The molecule has 1 saturated carbocycles. The van der Waals surface area contributed by atoms with Crippen LogP contribution >= 0.6 is 11.6 Å². The molecule has 3 heterocycles. The van der Waals surface area contributed by atoms with E-state index in [0.29, 0.717) is 57.0 Å². The van der Waals surface area contributed by atoms with Gasteiger partial charge in [-0.3, -0.25) is 9.48 Å². The molecule has 3 atom stereocenters. The van der Waals surface area contributed by atoms with Crippen LogP contribution in [-0.4, -0.2) is 78.6 Å². The minimum Gasteiger partial charge on any atom is -0.462 e. The fourth-order valence-electron chi connectivity index (χ4n) is 6.35. The van der Waals surface area contributed by atoms with E-state index in [0.717, 1.165) is 33.4 Å². The number of anilines is 2. The van der Waals surface area contributed by atoms with Gasteiger partial charge in [-0.05, 0) is 56.0 Å². The van der Waals surface area contributed by atoms with Crippen LogP contribution in [0.1, 0.15) is 48.3 Å². The number of alkyl halides is 4. The van der Waals surface area contributed by atoms with Gasteiger partial charge in [0, 0.05) is 61.2 Å². The fraction of sp³-hybridized carbons (Fsp3) is 0.469. The van der Waals surface area contributed by atoms with Crippen LogP contribution in [0.4, 0.5) is 28.9 Å². The van der Waals surface area contributed by atoms with E-state index in [2.05, 4.69) is 10.00 Å². The van der Waals surface area contributed by atoms with Crippen molar-refractivity contribution < 1.29 is 31.9 Å². The first-order valence-corrected chi connectivity index (χ1v) is 15.6. The van der Waals surface area contributed by atoms with Crippen LogP contribution in [0.15, 0.2) is 48.7 Å². The number of amides is 1. The summed E-state index contributed by atoms with van der Waals surface area (Å²) in [6.07, 6.45) is -3.44. The molecule has 2 aromatic carbocycles. The molecule has 13 heteroatoms. The second kappa shape index (κ2) is 12.5. The molecule has 0 spiro atoms. The highest BCUT2D eigenvalue weighted by molar-refractivity contribution is 6.31. The Bertz CT molecular complexity index is 1560. The van der Waals surface area contributed by atoms with Gasteiger partial charge < -0.3 is 19.4 Å². The molecule has 1 unspecified atom stereocenters. The summed E-state index contributed by atoms with van der Waals surface area (Å²) in [5.74, 6) is -1.60. The van der Waals surface area contributed by atoms with Crippen molar-refractivity contribution in [1.82, 2.24) is 14.7 Å². The van der Waals surface area contributed by atoms with Gasteiger partial charge in [0.2, 0.25) is 5.91 Å². The van der Waals surface area contributed by atoms with Crippen LogP contribution in [0.2, 0.25) is 5.02 Å². The standard InChI is InChI=1S/C32H34ClF4N5O3/c1-2-45-31(44)26-18-38-42(29(26)32(35,36)37)23-4-3-11-41(19-23)28-16-21(33)7-10-24(28)20-5-8-22(9-6-20)39-12-14-40(15-13-39)30(43)25-17-27(25)34/h5-10,16,18,23,25,27H,2-4,11-15,17,19H2,1H3/t23?,25-,27+/m1/s1. The Morgan fingerprint density at radius 2 is 1.73 bits per heavy atom. The van der Waals surface area contributed by atoms with Crippen LogP contribution < -0.4 is 9.80 Å². The molecule has 8 nitrogen and oxygen atoms in total. The largest absolute Gasteiger partial charge is 0.462 e. The second-order valence-corrected chi connectivity index (χ2v) is 12.1. The van der Waals surface area contributed by atoms with E-state index >= 15 is 0 Å². The van der Waals surface area contributed by atoms with Crippen LogP contribution in [-0.2, 0) is 15.7 Å². The van der Waals surface area contributed by atoms with E-state index in [9.17, 15) is 27.2 Å². The van der Waals surface area contributed by atoms with Gasteiger partial charge in [0.1, 0.15) is 11.7 Å². The Balaban J connectivity index is 1.20. The molecule has 6 rings (SSSR count). The molecule has 45 heavy (non-hydrogen) atoms. The average Bonchev–Trinajstić information content (AvgIpc) is 3.58. The number of carbonyl (C=O) groups is 2. The molecule has 240 valence electrons. The van der Waals surface area contributed by atoms with Gasteiger partial charge in [0.25, 0.3) is 0 Å². The van der Waals surface area contributed by atoms with Crippen molar-refractivity contribution in [2.45, 2.75) is 44.6 Å². The van der Waals surface area contributed by atoms with Gasteiger partial charge in [-0.2, -0.15) is 18.3 Å². The average molecular weight is 648 g/mol. The summed E-state index contributed by atoms with van der Waals surface area (Å²) in [5.41, 5.74) is 1.92. The number of piperidine rings is 1. The molecule has 0 N–H and O–H groups in total. The van der Waals surface area contributed by atoms with E-state index in [-0.39, 0.29) is 19.1 Å². The highest BCUT2D eigenvalue weighted by Crippen LogP contribution is 2.40. The van der Waals surface area contributed by atoms with Crippen LogP contribution in [0.3, 0.4) is 0 Å². The zero-order valence-electron chi connectivity index (χ0n) is 24.8. The number of ether oxygens (including phenoxy) is 1. The zero-order valence-corrected chi connectivity index (χ0v) is 25.5. The lowest BCUT2D eigenvalue weighted by Crippen LogP contribution is -2.49. The summed E-state index contributed by atoms with van der Waals surface area (Å²) in [4.78, 5) is 30.7. The molecule has 1 aromatic heterocycles. The monoisotopic (exact) mass is 647 g/mol. The van der Waals surface area contributed by atoms with E-state index in [1.165, 1.54) is 6.92 Å². The van der Waals surface area contributed by atoms with Crippen molar-refractivity contribution in [3.63, 3.8) is 0 Å². The number of nitrogens with zero attached hydrogens (tertiary/aromatic N) is 5. The van der Waals surface area contributed by atoms with E-state index in [1.54, 1.807) is 11.0 Å². The molecule has 0 bridgehead atoms. The van der Waals surface area contributed by atoms with Gasteiger partial charge in [-0.25, -0.2) is 9.18 Å². The van der Waals surface area contributed by atoms with E-state index < -0.39 is 41.5 Å². The van der Waals surface area contributed by atoms with Gasteiger partial charge in [-0.15, -0.1) is 0 Å². The van der Waals surface area contributed by atoms with E-state index in [4.69, 9.17) is 16.3 Å². The molecule has 1 amide bonds. The predicted octanol–water partition coefficient (Wildman–Crippen LogP) is 6.25. The normalized spacial score (nSPS) is 22.0. The Morgan fingerprint density at radius 1 is 1.02 bits per heavy atom. The molecular weight excluding hydrogens is 614 g/mol. The van der Waals surface area contributed by atoms with Gasteiger partial charge in [0.15, 0.2) is 5.69 Å². The maximum absolute atomic E-state index is 14.2. The molecule has 0 radical (unpaired) electrons. The van der Waals surface area contributed by atoms with E-state index in [1.807, 2.05) is 41.3 Å². The minimum absolute atomic E-state index is 0.0446. The quantitative estimate of drug-likeness (QED) is 0.223. The summed E-state index contributed by atoms with van der Waals surface area (Å²) in [5, 5.41) is 4.52. The molecular formula is C32H34ClF4N5O3. The Labute approximate surface area is 263 Å². The first kappa shape index (κ1) is 31.2. The first-order chi connectivity index (χ1) is 21.5. The third kappa shape index (κ3) is 6.47. The number of piperazine rings is 1. The van der Waals surface area contributed by atoms with Crippen LogP contribution in [0, 0.1) is 5.92 Å². The minimum atomic E-state index is -4.79. The first-order valence-electron chi connectivity index (χ1n) is 15.2. The Hall–Kier alpha value is -3.80. The van der Waals surface area contributed by atoms with Gasteiger partial charge in [-0.1, -0.05) is 29.8 Å². The highest BCUT2D eigenvalue weighted by Gasteiger charge is 2.46. The number of carbonyl (C=O) groups excluding carboxylic acids is 2. The lowest BCUT2D eigenvalue weighted by Gasteiger charge is -2.37. The van der Waals surface area contributed by atoms with Crippen molar-refractivity contribution in [2.75, 3.05) is 55.7 Å². The Morgan fingerprint density at radius 3 is 2.38 bits per heavy atom. The van der Waals surface area contributed by atoms with Gasteiger partial charge in [0.05, 0.1) is 24.8 Å². The molecule has 1 aliphatic carbocycles. The van der Waals surface area contributed by atoms with Crippen LogP contribution in [0.5, 0.6) is 0 Å². The number of halogens is 5. The third-order valence-corrected chi connectivity index (χ3v) is 9.00. The SMILES string of the molecule is CCOC(=O)c1cnn(C2CCCN(c3cc(Cl)ccc3-c3ccc(N4CCN(C(=O)[C@@H]5C[C@@H]5F)CC4)cc3)C2)c1C(F)(F)F. The fourth-order valence-corrected chi connectivity index (χ4v) is 6.52. The molecule has 2 aliphatic heterocycles. The third-order valence-electron chi connectivity index (χ3n) is 8.77. The number of hydrogen-bond acceptors (Lipinski definition) is 6. The van der Waals surface area contributed by atoms with Crippen molar-refractivity contribution in [1.29, 1.82) is 0 Å². The lowest BCUT2D eigenvalue weighted by atomic mass is 9.99. The number of rotatable bonds is 7. The topological polar surface area (TPSA) is 70.9 Å². The number of aromatic nitrogens is 2. The second-order valence-electron chi connectivity index (χ2n) is 11.7. The van der Waals surface area contributed by atoms with Crippen molar-refractivity contribution in [3.05, 3.63) is 64.9 Å². The number of hydrogen-bond donors (Lipinski definition) is 0. The Kier molecular flexibility index (Phi) is 8.69. The molecule has 3 fully saturated rings. The number of esters is 1. The van der Waals surface area contributed by atoms with Gasteiger partial charge >= 0.3 is 12.1 Å². The van der Waals surface area contributed by atoms with Crippen LogP contribution in [0.25, 0.3) is 11.1 Å². The summed E-state index contributed by atoms with van der Waals surface area (Å²) >= 11 is 6.42. The van der Waals surface area contributed by atoms with Crippen molar-refractivity contribution in [3.8, 4) is 11.1 Å². The van der Waals surface area contributed by atoms with Crippen molar-refractivity contribution in [2.24, 2.45) is 5.92 Å².